The molecular weight excluding hydrogens is 170 g/mol. The van der Waals surface area contributed by atoms with E-state index in [2.05, 4.69) is 15.4 Å². The van der Waals surface area contributed by atoms with E-state index in [0.717, 1.165) is 0 Å². The summed E-state index contributed by atoms with van der Waals surface area (Å²) >= 11 is 0. The molecule has 0 fully saturated rings. The fraction of sp³-hybridized carbons (Fsp3) is 0.286. The van der Waals surface area contributed by atoms with Crippen LogP contribution in [0.3, 0.4) is 0 Å². The molecule has 0 unspecified atom stereocenters. The molecule has 0 aliphatic carbocycles. The molecule has 5 N–H and O–H groups in total. The van der Waals surface area contributed by atoms with Gasteiger partial charge >= 0.3 is 0 Å². The molecule has 0 spiro atoms. The highest BCUT2D eigenvalue weighted by atomic mass is 16.1. The fourth-order valence-electron chi connectivity index (χ4n) is 0.876. The summed E-state index contributed by atoms with van der Waals surface area (Å²) in [6.45, 7) is 3.52. The lowest BCUT2D eigenvalue weighted by atomic mass is 10.3. The smallest absolute Gasteiger partial charge is 0.271 e. The predicted octanol–water partition coefficient (Wildman–Crippen LogP) is -0.522. The van der Waals surface area contributed by atoms with Crippen LogP contribution in [0.25, 0.3) is 0 Å². The molecule has 6 nitrogen and oxygen atoms in total. The van der Waals surface area contributed by atoms with Crippen LogP contribution in [0.5, 0.6) is 0 Å². The summed E-state index contributed by atoms with van der Waals surface area (Å²) in [7, 11) is 0. The van der Waals surface area contributed by atoms with Crippen molar-refractivity contribution in [2.24, 2.45) is 11.6 Å². The van der Waals surface area contributed by atoms with Gasteiger partial charge in [0.05, 0.1) is 11.4 Å². The van der Waals surface area contributed by atoms with E-state index in [0.29, 0.717) is 11.4 Å². The number of anilines is 1. The summed E-state index contributed by atoms with van der Waals surface area (Å²) in [6, 6.07) is 0. The van der Waals surface area contributed by atoms with Crippen molar-refractivity contribution >= 4 is 11.7 Å². The van der Waals surface area contributed by atoms with E-state index in [1.54, 1.807) is 13.8 Å². The van der Waals surface area contributed by atoms with E-state index in [-0.39, 0.29) is 11.5 Å². The van der Waals surface area contributed by atoms with E-state index in [1.165, 1.54) is 0 Å². The number of hydrogen-bond donors (Lipinski definition) is 3. The molecular formula is C7H11N5O. The van der Waals surface area contributed by atoms with Crippen LogP contribution < -0.4 is 17.0 Å². The quantitative estimate of drug-likeness (QED) is 0.420. The zero-order valence-corrected chi connectivity index (χ0v) is 7.46. The maximum Gasteiger partial charge on any atom is 0.271 e. The van der Waals surface area contributed by atoms with Crippen LogP contribution >= 0.6 is 0 Å². The number of nitrogens with two attached hydrogens (primary N) is 2. The monoisotopic (exact) mass is 181 g/mol. The number of aryl methyl sites for hydroxylation is 2. The van der Waals surface area contributed by atoms with Gasteiger partial charge in [0.1, 0.15) is 0 Å². The first kappa shape index (κ1) is 9.40. The van der Waals surface area contributed by atoms with Gasteiger partial charge in [0.15, 0.2) is 11.5 Å². The number of aromatic nitrogens is 2. The average molecular weight is 181 g/mol. The van der Waals surface area contributed by atoms with E-state index in [9.17, 15) is 4.79 Å². The summed E-state index contributed by atoms with van der Waals surface area (Å²) in [5.74, 6) is 4.70. The Morgan fingerprint density at radius 3 is 2.31 bits per heavy atom. The number of rotatable bonds is 2. The number of nitrogen functional groups attached to an aromatic ring is 1. The van der Waals surface area contributed by atoms with Gasteiger partial charge in [-0.1, -0.05) is 0 Å². The van der Waals surface area contributed by atoms with Crippen molar-refractivity contribution in [3.05, 3.63) is 17.1 Å². The van der Waals surface area contributed by atoms with Gasteiger partial charge in [-0.2, -0.15) is 0 Å². The van der Waals surface area contributed by atoms with Crippen LogP contribution in [0.1, 0.15) is 21.9 Å². The van der Waals surface area contributed by atoms with Gasteiger partial charge in [0.2, 0.25) is 0 Å². The number of amides is 1. The molecule has 6 heteroatoms. The van der Waals surface area contributed by atoms with E-state index >= 15 is 0 Å². The van der Waals surface area contributed by atoms with Gasteiger partial charge in [0.25, 0.3) is 5.91 Å². The van der Waals surface area contributed by atoms with Gasteiger partial charge < -0.3 is 11.2 Å². The Morgan fingerprint density at radius 2 is 1.85 bits per heavy atom. The van der Waals surface area contributed by atoms with Gasteiger partial charge in [-0.3, -0.25) is 4.79 Å². The SMILES string of the molecule is Cc1nc(NN)c(C(N)=O)nc1C. The minimum Gasteiger partial charge on any atom is -0.364 e. The number of hydrazine groups is 1. The Balaban J connectivity index is 3.33. The maximum atomic E-state index is 10.9. The maximum absolute atomic E-state index is 10.9. The number of nitrogens with zero attached hydrogens (tertiary/aromatic N) is 2. The van der Waals surface area contributed by atoms with E-state index in [4.69, 9.17) is 11.6 Å². The molecule has 0 radical (unpaired) electrons. The third-order valence-corrected chi connectivity index (χ3v) is 1.68. The van der Waals surface area contributed by atoms with Gasteiger partial charge in [-0.05, 0) is 13.8 Å². The average Bonchev–Trinajstić information content (AvgIpc) is 2.08. The van der Waals surface area contributed by atoms with Crippen molar-refractivity contribution in [2.45, 2.75) is 13.8 Å². The molecule has 0 atom stereocenters. The second-order valence-electron chi connectivity index (χ2n) is 2.60. The number of hydrogen-bond acceptors (Lipinski definition) is 5. The van der Waals surface area contributed by atoms with Crippen LogP contribution in [0, 0.1) is 13.8 Å². The van der Waals surface area contributed by atoms with Crippen LogP contribution in [0.2, 0.25) is 0 Å². The number of primary amides is 1. The minimum atomic E-state index is -0.649. The highest BCUT2D eigenvalue weighted by molar-refractivity contribution is 5.95. The largest absolute Gasteiger partial charge is 0.364 e. The van der Waals surface area contributed by atoms with Crippen molar-refractivity contribution in [3.63, 3.8) is 0 Å². The lowest BCUT2D eigenvalue weighted by molar-refractivity contribution is 0.0996. The Morgan fingerprint density at radius 1 is 1.31 bits per heavy atom. The zero-order chi connectivity index (χ0) is 10.0. The van der Waals surface area contributed by atoms with Crippen molar-refractivity contribution in [3.8, 4) is 0 Å². The molecule has 1 aromatic heterocycles. The second kappa shape index (κ2) is 3.36. The molecule has 0 bridgehead atoms. The Bertz CT molecular complexity index is 349. The number of carbonyl (C=O) groups is 1. The third kappa shape index (κ3) is 1.73. The third-order valence-electron chi connectivity index (χ3n) is 1.68. The molecule has 1 aromatic rings. The summed E-state index contributed by atoms with van der Waals surface area (Å²) in [5, 5.41) is 0. The highest BCUT2D eigenvalue weighted by Gasteiger charge is 2.12. The Hall–Kier alpha value is -1.69. The highest BCUT2D eigenvalue weighted by Crippen LogP contribution is 2.10. The summed E-state index contributed by atoms with van der Waals surface area (Å²) in [6.07, 6.45) is 0. The first-order valence-electron chi connectivity index (χ1n) is 3.68. The van der Waals surface area contributed by atoms with Gasteiger partial charge in [-0.15, -0.1) is 0 Å². The first-order chi connectivity index (χ1) is 6.06. The van der Waals surface area contributed by atoms with Crippen molar-refractivity contribution in [2.75, 3.05) is 5.43 Å². The molecule has 1 rings (SSSR count). The molecule has 0 aliphatic heterocycles. The van der Waals surface area contributed by atoms with Crippen molar-refractivity contribution < 1.29 is 4.79 Å². The molecule has 0 saturated carbocycles. The van der Waals surface area contributed by atoms with E-state index in [1.807, 2.05) is 0 Å². The summed E-state index contributed by atoms with van der Waals surface area (Å²) < 4.78 is 0. The molecule has 1 amide bonds. The zero-order valence-electron chi connectivity index (χ0n) is 7.46. The summed E-state index contributed by atoms with van der Waals surface area (Å²) in [4.78, 5) is 18.8. The molecule has 70 valence electrons. The van der Waals surface area contributed by atoms with Crippen molar-refractivity contribution in [1.29, 1.82) is 0 Å². The summed E-state index contributed by atoms with van der Waals surface area (Å²) in [5.41, 5.74) is 8.77. The predicted molar refractivity (Wildman–Crippen MR) is 47.8 cm³/mol. The Labute approximate surface area is 75.3 Å². The molecule has 0 aliphatic rings. The normalized spacial score (nSPS) is 9.77. The molecule has 0 saturated heterocycles. The van der Waals surface area contributed by atoms with Crippen LogP contribution in [-0.2, 0) is 0 Å². The Kier molecular flexibility index (Phi) is 2.43. The number of carbonyl (C=O) groups excluding carboxylic acids is 1. The first-order valence-corrected chi connectivity index (χ1v) is 3.68. The second-order valence-corrected chi connectivity index (χ2v) is 2.60. The van der Waals surface area contributed by atoms with E-state index < -0.39 is 5.91 Å². The topological polar surface area (TPSA) is 107 Å². The number of nitrogens with one attached hydrogen (secondary N) is 1. The molecule has 0 aromatic carbocycles. The standard InChI is InChI=1S/C7H11N5O/c1-3-4(2)11-7(12-9)5(10-3)6(8)13/h9H2,1-2H3,(H2,8,13)(H,11,12). The van der Waals surface area contributed by atoms with Crippen LogP contribution in [0.4, 0.5) is 5.82 Å². The fourth-order valence-corrected chi connectivity index (χ4v) is 0.876. The minimum absolute atomic E-state index is 0.0607. The molecule has 1 heterocycles. The van der Waals surface area contributed by atoms with Crippen LogP contribution in [-0.4, -0.2) is 15.9 Å². The molecule has 13 heavy (non-hydrogen) atoms. The van der Waals surface area contributed by atoms with Gasteiger partial charge in [-0.25, -0.2) is 15.8 Å². The van der Waals surface area contributed by atoms with Crippen LogP contribution in [0.15, 0.2) is 0 Å². The van der Waals surface area contributed by atoms with Crippen molar-refractivity contribution in [1.82, 2.24) is 9.97 Å². The lowest BCUT2D eigenvalue weighted by Crippen LogP contribution is -2.21. The van der Waals surface area contributed by atoms with Gasteiger partial charge in [0, 0.05) is 0 Å². The lowest BCUT2D eigenvalue weighted by Gasteiger charge is -2.06.